The molecular formula is C32H21BrClN3O6. The molecule has 214 valence electrons. The van der Waals surface area contributed by atoms with Crippen LogP contribution in [0.25, 0.3) is 33.5 Å². The first-order chi connectivity index (χ1) is 20.8. The highest BCUT2D eigenvalue weighted by Gasteiger charge is 2.18. The first-order valence-electron chi connectivity index (χ1n) is 12.9. The van der Waals surface area contributed by atoms with Crippen molar-refractivity contribution in [2.24, 2.45) is 5.10 Å². The van der Waals surface area contributed by atoms with Gasteiger partial charge >= 0.3 is 5.97 Å². The molecule has 0 amide bonds. The van der Waals surface area contributed by atoms with Crippen molar-refractivity contribution in [1.82, 2.24) is 9.66 Å². The number of aromatic carboxylic acids is 1. The third-order valence-corrected chi connectivity index (χ3v) is 7.46. The van der Waals surface area contributed by atoms with Crippen molar-refractivity contribution in [2.75, 3.05) is 7.11 Å². The van der Waals surface area contributed by atoms with E-state index in [-0.39, 0.29) is 18.0 Å². The number of hydrogen-bond acceptors (Lipinski definition) is 7. The molecule has 4 aromatic carbocycles. The molecule has 6 aromatic rings. The average molecular weight is 659 g/mol. The van der Waals surface area contributed by atoms with Gasteiger partial charge in [-0.05, 0) is 76.1 Å². The minimum absolute atomic E-state index is 0.143. The number of furan rings is 1. The number of hydrogen-bond donors (Lipinski definition) is 1. The maximum Gasteiger partial charge on any atom is 0.335 e. The van der Waals surface area contributed by atoms with Gasteiger partial charge in [0.15, 0.2) is 5.76 Å². The predicted octanol–water partition coefficient (Wildman–Crippen LogP) is 7.39. The summed E-state index contributed by atoms with van der Waals surface area (Å²) >= 11 is 9.87. The lowest BCUT2D eigenvalue weighted by Gasteiger charge is -2.13. The molecule has 0 aliphatic rings. The Labute approximate surface area is 257 Å². The quantitative estimate of drug-likeness (QED) is 0.170. The van der Waals surface area contributed by atoms with Crippen molar-refractivity contribution >= 4 is 61.6 Å². The molecule has 0 unspecified atom stereocenters. The van der Waals surface area contributed by atoms with Crippen LogP contribution < -0.4 is 15.0 Å². The lowest BCUT2D eigenvalue weighted by Crippen LogP contribution is -2.20. The highest BCUT2D eigenvalue weighted by atomic mass is 79.9. The summed E-state index contributed by atoms with van der Waals surface area (Å²) in [7, 11) is 1.57. The molecule has 0 aliphatic heterocycles. The minimum atomic E-state index is -1.01. The summed E-state index contributed by atoms with van der Waals surface area (Å²) in [5, 5.41) is 15.2. The van der Waals surface area contributed by atoms with Crippen molar-refractivity contribution in [1.29, 1.82) is 0 Å². The van der Waals surface area contributed by atoms with E-state index in [4.69, 9.17) is 35.6 Å². The van der Waals surface area contributed by atoms with Crippen LogP contribution in [0.1, 0.15) is 21.5 Å². The van der Waals surface area contributed by atoms with Gasteiger partial charge in [-0.1, -0.05) is 41.9 Å². The van der Waals surface area contributed by atoms with Crippen molar-refractivity contribution in [3.8, 4) is 23.1 Å². The molecule has 0 aliphatic carbocycles. The Hall–Kier alpha value is -4.93. The number of ether oxygens (including phenoxy) is 2. The van der Waals surface area contributed by atoms with Gasteiger partial charge in [0.05, 0.1) is 39.6 Å². The summed E-state index contributed by atoms with van der Waals surface area (Å²) in [6.07, 6.45) is 1.46. The number of carboxylic acids is 1. The van der Waals surface area contributed by atoms with E-state index in [2.05, 4.69) is 21.0 Å². The smallest absolute Gasteiger partial charge is 0.335 e. The Morgan fingerprint density at radius 1 is 1.07 bits per heavy atom. The number of benzene rings is 4. The van der Waals surface area contributed by atoms with Crippen molar-refractivity contribution < 1.29 is 23.8 Å². The first kappa shape index (κ1) is 28.2. The number of halogens is 2. The largest absolute Gasteiger partial charge is 0.496 e. The lowest BCUT2D eigenvalue weighted by molar-refractivity contribution is 0.0697. The van der Waals surface area contributed by atoms with Gasteiger partial charge in [-0.2, -0.15) is 9.78 Å². The molecule has 0 radical (unpaired) electrons. The van der Waals surface area contributed by atoms with Gasteiger partial charge in [0.1, 0.15) is 23.7 Å². The highest BCUT2D eigenvalue weighted by molar-refractivity contribution is 9.10. The van der Waals surface area contributed by atoms with Gasteiger partial charge < -0.3 is 19.0 Å². The molecular weight excluding hydrogens is 638 g/mol. The van der Waals surface area contributed by atoms with Crippen LogP contribution in [0.3, 0.4) is 0 Å². The zero-order valence-electron chi connectivity index (χ0n) is 22.5. The van der Waals surface area contributed by atoms with E-state index in [0.29, 0.717) is 48.8 Å². The third-order valence-electron chi connectivity index (χ3n) is 6.65. The summed E-state index contributed by atoms with van der Waals surface area (Å²) in [6, 6.07) is 23.9. The van der Waals surface area contributed by atoms with Crippen molar-refractivity contribution in [2.45, 2.75) is 6.61 Å². The Morgan fingerprint density at radius 2 is 1.86 bits per heavy atom. The summed E-state index contributed by atoms with van der Waals surface area (Å²) < 4.78 is 19.4. The Kier molecular flexibility index (Phi) is 7.71. The molecule has 0 saturated heterocycles. The summed E-state index contributed by atoms with van der Waals surface area (Å²) in [4.78, 5) is 29.6. The summed E-state index contributed by atoms with van der Waals surface area (Å²) in [6.45, 7) is 0.143. The lowest BCUT2D eigenvalue weighted by atomic mass is 10.1. The topological polar surface area (TPSA) is 116 Å². The fourth-order valence-electron chi connectivity index (χ4n) is 4.56. The van der Waals surface area contributed by atoms with Crippen molar-refractivity contribution in [3.05, 3.63) is 121 Å². The number of carboxylic acid groups (broad SMARTS) is 1. The molecule has 0 fully saturated rings. The second-order valence-corrected chi connectivity index (χ2v) is 10.7. The number of nitrogens with zero attached hydrogens (tertiary/aromatic N) is 3. The second-order valence-electron chi connectivity index (χ2n) is 9.39. The normalized spacial score (nSPS) is 11.4. The molecule has 0 atom stereocenters. The van der Waals surface area contributed by atoms with E-state index in [1.807, 2.05) is 12.1 Å². The number of methoxy groups -OCH3 is 1. The molecule has 2 heterocycles. The number of rotatable bonds is 8. The third kappa shape index (κ3) is 5.62. The average Bonchev–Trinajstić information content (AvgIpc) is 3.45. The van der Waals surface area contributed by atoms with E-state index in [1.54, 1.807) is 67.8 Å². The van der Waals surface area contributed by atoms with Crippen LogP contribution in [0, 0.1) is 0 Å². The second kappa shape index (κ2) is 11.7. The standard InChI is InChI=1S/C32H21BrClN3O6/c1-41-26-7-4-8-27-23(26)15-28(43-27)30-36-25-6-3-2-5-22(25)31(38)37(30)35-16-20-13-21(34)14-24(33)29(20)42-17-18-9-11-19(12-10-18)32(39)40/h2-16H,17H2,1H3,(H,39,40). The van der Waals surface area contributed by atoms with Crippen LogP contribution >= 0.6 is 27.5 Å². The first-order valence-corrected chi connectivity index (χ1v) is 14.1. The minimum Gasteiger partial charge on any atom is -0.496 e. The van der Waals surface area contributed by atoms with E-state index in [1.165, 1.54) is 23.0 Å². The van der Waals surface area contributed by atoms with Gasteiger partial charge in [-0.3, -0.25) is 4.79 Å². The highest BCUT2D eigenvalue weighted by Crippen LogP contribution is 2.34. The maximum atomic E-state index is 13.7. The van der Waals surface area contributed by atoms with E-state index in [0.717, 1.165) is 10.9 Å². The zero-order valence-corrected chi connectivity index (χ0v) is 24.8. The molecule has 11 heteroatoms. The summed E-state index contributed by atoms with van der Waals surface area (Å²) in [5.74, 6) is 0.556. The number of aromatic nitrogens is 2. The number of para-hydroxylation sites is 1. The molecule has 6 rings (SSSR count). The fourth-order valence-corrected chi connectivity index (χ4v) is 5.51. The Morgan fingerprint density at radius 3 is 2.63 bits per heavy atom. The summed E-state index contributed by atoms with van der Waals surface area (Å²) in [5.41, 5.74) is 2.08. The number of carbonyl (C=O) groups is 1. The van der Waals surface area contributed by atoms with Crippen LogP contribution in [0.4, 0.5) is 0 Å². The van der Waals surface area contributed by atoms with Crippen LogP contribution in [0.5, 0.6) is 11.5 Å². The SMILES string of the molecule is COc1cccc2oc(-c3nc4ccccc4c(=O)n3N=Cc3cc(Cl)cc(Br)c3OCc3ccc(C(=O)O)cc3)cc12. The Balaban J connectivity index is 1.43. The predicted molar refractivity (Wildman–Crippen MR) is 168 cm³/mol. The van der Waals surface area contributed by atoms with Gasteiger partial charge in [0.25, 0.3) is 5.56 Å². The zero-order chi connectivity index (χ0) is 30.1. The molecule has 0 spiro atoms. The van der Waals surface area contributed by atoms with Gasteiger partial charge in [-0.25, -0.2) is 9.78 Å². The molecule has 1 N–H and O–H groups in total. The number of fused-ring (bicyclic) bond motifs is 2. The van der Waals surface area contributed by atoms with Crippen LogP contribution in [-0.4, -0.2) is 34.1 Å². The maximum absolute atomic E-state index is 13.7. The van der Waals surface area contributed by atoms with Crippen LogP contribution in [0.15, 0.2) is 104 Å². The van der Waals surface area contributed by atoms with Gasteiger partial charge in [0, 0.05) is 10.6 Å². The fraction of sp³-hybridized carbons (Fsp3) is 0.0625. The molecule has 9 nitrogen and oxygen atoms in total. The molecule has 0 bridgehead atoms. The Bertz CT molecular complexity index is 2100. The molecule has 2 aromatic heterocycles. The van der Waals surface area contributed by atoms with E-state index >= 15 is 0 Å². The van der Waals surface area contributed by atoms with Crippen LogP contribution in [0.2, 0.25) is 5.02 Å². The van der Waals surface area contributed by atoms with Crippen LogP contribution in [-0.2, 0) is 6.61 Å². The molecule has 0 saturated carbocycles. The van der Waals surface area contributed by atoms with Gasteiger partial charge in [0.2, 0.25) is 5.82 Å². The van der Waals surface area contributed by atoms with E-state index < -0.39 is 11.5 Å². The van der Waals surface area contributed by atoms with E-state index in [9.17, 15) is 9.59 Å². The van der Waals surface area contributed by atoms with Gasteiger partial charge in [-0.15, -0.1) is 0 Å². The van der Waals surface area contributed by atoms with Crippen molar-refractivity contribution in [3.63, 3.8) is 0 Å². The molecule has 43 heavy (non-hydrogen) atoms. The monoisotopic (exact) mass is 657 g/mol.